The minimum absolute atomic E-state index is 0.0276. The number of hydrogen-bond acceptors (Lipinski definition) is 4. The summed E-state index contributed by atoms with van der Waals surface area (Å²) in [7, 11) is 1.68. The van der Waals surface area contributed by atoms with Crippen LogP contribution in [-0.2, 0) is 13.0 Å². The lowest BCUT2D eigenvalue weighted by molar-refractivity contribution is 0.0926. The summed E-state index contributed by atoms with van der Waals surface area (Å²) in [6.07, 6.45) is 6.88. The second-order valence-electron chi connectivity index (χ2n) is 11.9. The van der Waals surface area contributed by atoms with E-state index in [4.69, 9.17) is 9.47 Å². The number of nitrogens with one attached hydrogen (secondary N) is 1. The smallest absolute Gasteiger partial charge is 0.251 e. The monoisotopic (exact) mass is 552 g/mol. The van der Waals surface area contributed by atoms with Crippen molar-refractivity contribution in [2.75, 3.05) is 13.7 Å². The van der Waals surface area contributed by atoms with E-state index in [2.05, 4.69) is 41.9 Å². The van der Waals surface area contributed by atoms with Crippen LogP contribution in [0, 0.1) is 5.92 Å². The number of rotatable bonds is 7. The number of fused-ring (bicyclic) bond motifs is 5. The summed E-state index contributed by atoms with van der Waals surface area (Å²) in [5.41, 5.74) is 6.58. The molecule has 1 atom stereocenters. The lowest BCUT2D eigenvalue weighted by Crippen LogP contribution is -2.40. The van der Waals surface area contributed by atoms with Crippen molar-refractivity contribution in [2.45, 2.75) is 70.9 Å². The minimum Gasteiger partial charge on any atom is -0.508 e. The Hall–Kier alpha value is -3.93. The summed E-state index contributed by atoms with van der Waals surface area (Å²) in [6, 6.07) is 19.6. The van der Waals surface area contributed by atoms with E-state index in [1.165, 1.54) is 48.7 Å². The quantitative estimate of drug-likeness (QED) is 0.250. The summed E-state index contributed by atoms with van der Waals surface area (Å²) in [5, 5.41) is 14.2. The van der Waals surface area contributed by atoms with Crippen molar-refractivity contribution in [3.05, 3.63) is 77.4 Å². The molecule has 1 fully saturated rings. The summed E-state index contributed by atoms with van der Waals surface area (Å²) < 4.78 is 14.1. The molecule has 2 aliphatic rings. The fourth-order valence-electron chi connectivity index (χ4n) is 6.63. The third-order valence-corrected chi connectivity index (χ3v) is 8.91. The highest BCUT2D eigenvalue weighted by atomic mass is 16.5. The maximum Gasteiger partial charge on any atom is 0.251 e. The molecule has 6 rings (SSSR count). The van der Waals surface area contributed by atoms with Gasteiger partial charge in [0.25, 0.3) is 5.91 Å². The molecule has 2 heterocycles. The summed E-state index contributed by atoms with van der Waals surface area (Å²) >= 11 is 0. The lowest BCUT2D eigenvalue weighted by Gasteiger charge is -2.24. The van der Waals surface area contributed by atoms with Gasteiger partial charge in [0, 0.05) is 34.1 Å². The molecule has 0 bridgehead atoms. The van der Waals surface area contributed by atoms with Gasteiger partial charge in [-0.3, -0.25) is 4.79 Å². The normalized spacial score (nSPS) is 16.0. The zero-order valence-electron chi connectivity index (χ0n) is 24.3. The van der Waals surface area contributed by atoms with Crippen LogP contribution < -0.4 is 14.8 Å². The van der Waals surface area contributed by atoms with Crippen molar-refractivity contribution in [3.8, 4) is 28.5 Å². The number of hydrogen-bond donors (Lipinski definition) is 2. The first-order valence-electron chi connectivity index (χ1n) is 15.0. The molecule has 0 radical (unpaired) electrons. The van der Waals surface area contributed by atoms with Gasteiger partial charge in [-0.2, -0.15) is 0 Å². The molecule has 1 unspecified atom stereocenters. The van der Waals surface area contributed by atoms with Crippen LogP contribution in [0.2, 0.25) is 0 Å². The van der Waals surface area contributed by atoms with E-state index in [0.29, 0.717) is 24.5 Å². The number of carbonyl (C=O) groups excluding carboxylic acids is 1. The molecule has 41 heavy (non-hydrogen) atoms. The first-order valence-corrected chi connectivity index (χ1v) is 15.0. The Morgan fingerprint density at radius 3 is 2.56 bits per heavy atom. The molecule has 2 N–H and O–H groups in total. The number of ether oxygens (including phenoxy) is 2. The first kappa shape index (κ1) is 27.3. The summed E-state index contributed by atoms with van der Waals surface area (Å²) in [5.74, 6) is 2.58. The van der Waals surface area contributed by atoms with Gasteiger partial charge in [-0.25, -0.2) is 0 Å². The number of methoxy groups -OCH3 is 1. The van der Waals surface area contributed by atoms with Gasteiger partial charge in [0.05, 0.1) is 19.3 Å². The molecule has 6 heteroatoms. The predicted molar refractivity (Wildman–Crippen MR) is 163 cm³/mol. The Morgan fingerprint density at radius 1 is 1.05 bits per heavy atom. The maximum atomic E-state index is 13.7. The van der Waals surface area contributed by atoms with E-state index in [1.54, 1.807) is 19.2 Å². The third-order valence-electron chi connectivity index (χ3n) is 8.91. The molecular weight excluding hydrogens is 512 g/mol. The zero-order valence-corrected chi connectivity index (χ0v) is 24.3. The van der Waals surface area contributed by atoms with Crippen molar-refractivity contribution < 1.29 is 19.4 Å². The standard InChI is InChI=1S/C35H40N2O4/c1-22(2)30(19-23-9-12-26(38)13-10-23)36-35(39)25-11-15-28-31(20-25)37-17-18-41-32-21-27(40-3)14-16-29(32)34(37)33(28)24-7-5-4-6-8-24/h9-16,20-22,24,30,38H,4-8,17-19H2,1-3H3,(H,36,39). The number of aromatic hydroxyl groups is 1. The number of benzene rings is 3. The lowest BCUT2D eigenvalue weighted by atomic mass is 9.81. The second kappa shape index (κ2) is 11.5. The highest BCUT2D eigenvalue weighted by Gasteiger charge is 2.30. The van der Waals surface area contributed by atoms with Crippen LogP contribution in [0.25, 0.3) is 22.2 Å². The van der Waals surface area contributed by atoms with Crippen molar-refractivity contribution in [1.29, 1.82) is 0 Å². The summed E-state index contributed by atoms with van der Waals surface area (Å²) in [6.45, 7) is 5.53. The largest absolute Gasteiger partial charge is 0.508 e. The van der Waals surface area contributed by atoms with E-state index < -0.39 is 0 Å². The fraction of sp³-hybridized carbons (Fsp3) is 0.400. The van der Waals surface area contributed by atoms with Gasteiger partial charge in [0.1, 0.15) is 23.9 Å². The molecule has 214 valence electrons. The number of nitrogens with zero attached hydrogens (tertiary/aromatic N) is 1. The number of phenolic OH excluding ortho intramolecular Hbond substituents is 1. The summed E-state index contributed by atoms with van der Waals surface area (Å²) in [4.78, 5) is 13.7. The molecule has 0 spiro atoms. The number of aromatic nitrogens is 1. The molecule has 0 saturated heterocycles. The maximum absolute atomic E-state index is 13.7. The molecular formula is C35H40N2O4. The van der Waals surface area contributed by atoms with Gasteiger partial charge in [-0.1, -0.05) is 51.3 Å². The van der Waals surface area contributed by atoms with Gasteiger partial charge >= 0.3 is 0 Å². The Kier molecular flexibility index (Phi) is 7.65. The van der Waals surface area contributed by atoms with E-state index in [9.17, 15) is 9.90 Å². The average molecular weight is 553 g/mol. The van der Waals surface area contributed by atoms with Crippen LogP contribution >= 0.6 is 0 Å². The van der Waals surface area contributed by atoms with Gasteiger partial charge in [-0.15, -0.1) is 0 Å². The van der Waals surface area contributed by atoms with Crippen molar-refractivity contribution in [1.82, 2.24) is 9.88 Å². The number of phenols is 1. The van der Waals surface area contributed by atoms with Crippen LogP contribution in [-0.4, -0.2) is 35.3 Å². The highest BCUT2D eigenvalue weighted by molar-refractivity contribution is 6.01. The Bertz CT molecular complexity index is 1550. The van der Waals surface area contributed by atoms with E-state index in [0.717, 1.165) is 34.7 Å². The van der Waals surface area contributed by atoms with Crippen LogP contribution in [0.3, 0.4) is 0 Å². The molecule has 3 aromatic carbocycles. The van der Waals surface area contributed by atoms with Gasteiger partial charge in [0.2, 0.25) is 0 Å². The Balaban J connectivity index is 1.40. The fourth-order valence-corrected chi connectivity index (χ4v) is 6.63. The first-order chi connectivity index (χ1) is 19.9. The highest BCUT2D eigenvalue weighted by Crippen LogP contribution is 2.47. The molecule has 6 nitrogen and oxygen atoms in total. The van der Waals surface area contributed by atoms with E-state index >= 15 is 0 Å². The average Bonchev–Trinajstić information content (AvgIpc) is 3.19. The van der Waals surface area contributed by atoms with Crippen molar-refractivity contribution >= 4 is 16.8 Å². The second-order valence-corrected chi connectivity index (χ2v) is 11.9. The number of carbonyl (C=O) groups is 1. The Morgan fingerprint density at radius 2 is 1.83 bits per heavy atom. The van der Waals surface area contributed by atoms with E-state index in [-0.39, 0.29) is 23.6 Å². The predicted octanol–water partition coefficient (Wildman–Crippen LogP) is 7.46. The van der Waals surface area contributed by atoms with Crippen molar-refractivity contribution in [2.24, 2.45) is 5.92 Å². The van der Waals surface area contributed by atoms with Gasteiger partial charge in [0.15, 0.2) is 0 Å². The molecule has 1 amide bonds. The minimum atomic E-state index is -0.0610. The zero-order chi connectivity index (χ0) is 28.5. The molecule has 1 aliphatic heterocycles. The van der Waals surface area contributed by atoms with Crippen LogP contribution in [0.5, 0.6) is 17.2 Å². The van der Waals surface area contributed by atoms with Crippen molar-refractivity contribution in [3.63, 3.8) is 0 Å². The van der Waals surface area contributed by atoms with Gasteiger partial charge < -0.3 is 24.5 Å². The Labute approximate surface area is 242 Å². The SMILES string of the molecule is COc1ccc2c(c1)OCCn1c-2c(C2CCCCC2)c2ccc(C(=O)NC(Cc3ccc(O)cc3)C(C)C)cc21. The number of amides is 1. The molecule has 1 aliphatic carbocycles. The van der Waals surface area contributed by atoms with E-state index in [1.807, 2.05) is 30.3 Å². The molecule has 1 aromatic heterocycles. The van der Waals surface area contributed by atoms with Crippen LogP contribution in [0.1, 0.15) is 73.4 Å². The third kappa shape index (κ3) is 5.40. The topological polar surface area (TPSA) is 72.7 Å². The molecule has 1 saturated carbocycles. The van der Waals surface area contributed by atoms with Crippen LogP contribution in [0.15, 0.2) is 60.7 Å². The molecule has 4 aromatic rings. The van der Waals surface area contributed by atoms with Crippen LogP contribution in [0.4, 0.5) is 0 Å². The van der Waals surface area contributed by atoms with Gasteiger partial charge in [-0.05, 0) is 78.6 Å².